The summed E-state index contributed by atoms with van der Waals surface area (Å²) in [6.07, 6.45) is 1.86. The highest BCUT2D eigenvalue weighted by Crippen LogP contribution is 2.17. The summed E-state index contributed by atoms with van der Waals surface area (Å²) >= 11 is 0. The number of aliphatic hydroxyl groups excluding tert-OH is 1. The molecule has 3 nitrogen and oxygen atoms in total. The maximum atomic E-state index is 9.17. The topological polar surface area (TPSA) is 36.4 Å². The number of hydrogen-bond donors (Lipinski definition) is 1. The molecule has 0 fully saturated rings. The van der Waals surface area contributed by atoms with Crippen LogP contribution >= 0.6 is 0 Å². The molecule has 0 aromatic carbocycles. The molecule has 1 aromatic heterocycles. The van der Waals surface area contributed by atoms with E-state index in [9.17, 15) is 5.11 Å². The Hall–Kier alpha value is -1.35. The van der Waals surface area contributed by atoms with Crippen molar-refractivity contribution in [2.75, 3.05) is 11.4 Å². The third-order valence-corrected chi connectivity index (χ3v) is 2.43. The molecule has 0 saturated heterocycles. The summed E-state index contributed by atoms with van der Waals surface area (Å²) in [4.78, 5) is 6.64. The molecule has 0 saturated carbocycles. The van der Waals surface area contributed by atoms with E-state index in [-0.39, 0.29) is 6.61 Å². The Balaban J connectivity index is 3.07. The van der Waals surface area contributed by atoms with Gasteiger partial charge in [0, 0.05) is 18.3 Å². The molecule has 1 aromatic rings. The van der Waals surface area contributed by atoms with Gasteiger partial charge in [-0.15, -0.1) is 6.58 Å². The maximum absolute atomic E-state index is 9.17. The van der Waals surface area contributed by atoms with Crippen molar-refractivity contribution in [3.05, 3.63) is 36.0 Å². The average Bonchev–Trinajstić information content (AvgIpc) is 2.24. The molecule has 3 heteroatoms. The second-order valence-electron chi connectivity index (χ2n) is 4.17. The van der Waals surface area contributed by atoms with Gasteiger partial charge in [-0.2, -0.15) is 0 Å². The van der Waals surface area contributed by atoms with Gasteiger partial charge in [0.15, 0.2) is 0 Å². The number of hydrogen-bond acceptors (Lipinski definition) is 3. The highest BCUT2D eigenvalue weighted by molar-refractivity contribution is 5.44. The van der Waals surface area contributed by atoms with Crippen molar-refractivity contribution in [3.8, 4) is 0 Å². The van der Waals surface area contributed by atoms with E-state index in [0.29, 0.717) is 6.04 Å². The first kappa shape index (κ1) is 12.7. The zero-order chi connectivity index (χ0) is 12.1. The Morgan fingerprint density at radius 3 is 2.69 bits per heavy atom. The number of nitrogens with zero attached hydrogens (tertiary/aromatic N) is 2. The minimum atomic E-state index is 0.0520. The molecular weight excluding hydrogens is 200 g/mol. The van der Waals surface area contributed by atoms with Gasteiger partial charge in [0.05, 0.1) is 6.61 Å². The standard InChI is InChI=1S/C13H20N2O/c1-5-6-15(10(2)3)13-8-12(9-16)7-11(4)14-13/h5,7-8,10,16H,1,6,9H2,2-4H3. The number of aryl methyl sites for hydroxylation is 1. The summed E-state index contributed by atoms with van der Waals surface area (Å²) in [5, 5.41) is 9.17. The van der Waals surface area contributed by atoms with Crippen LogP contribution in [0.1, 0.15) is 25.1 Å². The van der Waals surface area contributed by atoms with E-state index in [1.807, 2.05) is 25.1 Å². The first-order chi connectivity index (χ1) is 7.58. The molecule has 0 unspecified atom stereocenters. The van der Waals surface area contributed by atoms with Crippen molar-refractivity contribution in [2.45, 2.75) is 33.4 Å². The van der Waals surface area contributed by atoms with Crippen molar-refractivity contribution in [3.63, 3.8) is 0 Å². The van der Waals surface area contributed by atoms with Crippen LogP contribution in [-0.2, 0) is 6.61 Å². The van der Waals surface area contributed by atoms with Crippen molar-refractivity contribution >= 4 is 5.82 Å². The molecule has 0 aliphatic heterocycles. The van der Waals surface area contributed by atoms with Gasteiger partial charge in [0.25, 0.3) is 0 Å². The van der Waals surface area contributed by atoms with Gasteiger partial charge in [0.2, 0.25) is 0 Å². The molecule has 1 rings (SSSR count). The van der Waals surface area contributed by atoms with Gasteiger partial charge in [-0.25, -0.2) is 4.98 Å². The summed E-state index contributed by atoms with van der Waals surface area (Å²) in [6, 6.07) is 4.19. The van der Waals surface area contributed by atoms with E-state index in [2.05, 4.69) is 30.3 Å². The normalized spacial score (nSPS) is 10.6. The van der Waals surface area contributed by atoms with Crippen LogP contribution < -0.4 is 4.90 Å². The zero-order valence-electron chi connectivity index (χ0n) is 10.3. The Kier molecular flexibility index (Phi) is 4.50. The van der Waals surface area contributed by atoms with E-state index in [0.717, 1.165) is 23.6 Å². The Bertz CT molecular complexity index is 361. The minimum Gasteiger partial charge on any atom is -0.392 e. The fourth-order valence-corrected chi connectivity index (χ4v) is 1.67. The number of anilines is 1. The lowest BCUT2D eigenvalue weighted by Gasteiger charge is -2.27. The van der Waals surface area contributed by atoms with E-state index in [1.54, 1.807) is 0 Å². The lowest BCUT2D eigenvalue weighted by molar-refractivity contribution is 0.281. The van der Waals surface area contributed by atoms with Gasteiger partial charge in [-0.05, 0) is 38.5 Å². The van der Waals surface area contributed by atoms with Crippen molar-refractivity contribution in [1.29, 1.82) is 0 Å². The molecule has 1 N–H and O–H groups in total. The second-order valence-corrected chi connectivity index (χ2v) is 4.17. The molecular formula is C13H20N2O. The van der Waals surface area contributed by atoms with Crippen molar-refractivity contribution in [2.24, 2.45) is 0 Å². The second kappa shape index (κ2) is 5.66. The quantitative estimate of drug-likeness (QED) is 0.773. The molecule has 0 atom stereocenters. The van der Waals surface area contributed by atoms with Gasteiger partial charge >= 0.3 is 0 Å². The van der Waals surface area contributed by atoms with Gasteiger partial charge < -0.3 is 10.0 Å². The number of pyridine rings is 1. The summed E-state index contributed by atoms with van der Waals surface area (Å²) in [5.74, 6) is 0.902. The van der Waals surface area contributed by atoms with Gasteiger partial charge in [-0.1, -0.05) is 6.08 Å². The first-order valence-corrected chi connectivity index (χ1v) is 5.54. The number of aromatic nitrogens is 1. The Morgan fingerprint density at radius 2 is 2.19 bits per heavy atom. The largest absolute Gasteiger partial charge is 0.392 e. The minimum absolute atomic E-state index is 0.0520. The first-order valence-electron chi connectivity index (χ1n) is 5.54. The van der Waals surface area contributed by atoms with Crippen molar-refractivity contribution < 1.29 is 5.11 Å². The predicted octanol–water partition coefficient (Wildman–Crippen LogP) is 2.28. The van der Waals surface area contributed by atoms with E-state index in [4.69, 9.17) is 0 Å². The summed E-state index contributed by atoms with van der Waals surface area (Å²) in [7, 11) is 0. The Labute approximate surface area is 97.4 Å². The van der Waals surface area contributed by atoms with Gasteiger partial charge in [-0.3, -0.25) is 0 Å². The van der Waals surface area contributed by atoms with Crippen LogP contribution in [-0.4, -0.2) is 22.7 Å². The molecule has 1 heterocycles. The highest BCUT2D eigenvalue weighted by atomic mass is 16.3. The number of rotatable bonds is 5. The lowest BCUT2D eigenvalue weighted by atomic mass is 10.2. The fraction of sp³-hybridized carbons (Fsp3) is 0.462. The number of aliphatic hydroxyl groups is 1. The van der Waals surface area contributed by atoms with Crippen LogP contribution in [0.25, 0.3) is 0 Å². The predicted molar refractivity (Wildman–Crippen MR) is 67.6 cm³/mol. The zero-order valence-corrected chi connectivity index (χ0v) is 10.3. The van der Waals surface area contributed by atoms with Crippen LogP contribution in [0.15, 0.2) is 24.8 Å². The van der Waals surface area contributed by atoms with E-state index in [1.165, 1.54) is 0 Å². The Morgan fingerprint density at radius 1 is 1.50 bits per heavy atom. The summed E-state index contributed by atoms with van der Waals surface area (Å²) in [5.41, 5.74) is 1.83. The molecule has 0 spiro atoms. The smallest absolute Gasteiger partial charge is 0.129 e. The molecule has 0 aliphatic rings. The third kappa shape index (κ3) is 3.07. The van der Waals surface area contributed by atoms with Crippen LogP contribution in [0, 0.1) is 6.92 Å². The van der Waals surface area contributed by atoms with Crippen LogP contribution in [0.2, 0.25) is 0 Å². The van der Waals surface area contributed by atoms with Crippen LogP contribution in [0.5, 0.6) is 0 Å². The molecule has 0 amide bonds. The van der Waals surface area contributed by atoms with E-state index >= 15 is 0 Å². The lowest BCUT2D eigenvalue weighted by Crippen LogP contribution is -2.31. The van der Waals surface area contributed by atoms with Crippen LogP contribution in [0.4, 0.5) is 5.82 Å². The third-order valence-electron chi connectivity index (χ3n) is 2.43. The van der Waals surface area contributed by atoms with Gasteiger partial charge in [0.1, 0.15) is 5.82 Å². The molecule has 16 heavy (non-hydrogen) atoms. The maximum Gasteiger partial charge on any atom is 0.129 e. The van der Waals surface area contributed by atoms with Crippen LogP contribution in [0.3, 0.4) is 0 Å². The average molecular weight is 220 g/mol. The monoisotopic (exact) mass is 220 g/mol. The van der Waals surface area contributed by atoms with Crippen molar-refractivity contribution in [1.82, 2.24) is 4.98 Å². The molecule has 0 radical (unpaired) electrons. The SMILES string of the molecule is C=CCN(c1cc(CO)cc(C)n1)C(C)C. The molecule has 0 aliphatic carbocycles. The summed E-state index contributed by atoms with van der Waals surface area (Å²) in [6.45, 7) is 10.7. The molecule has 88 valence electrons. The highest BCUT2D eigenvalue weighted by Gasteiger charge is 2.11. The molecule has 0 bridgehead atoms. The summed E-state index contributed by atoms with van der Waals surface area (Å²) < 4.78 is 0. The fourth-order valence-electron chi connectivity index (χ4n) is 1.67. The van der Waals surface area contributed by atoms with E-state index < -0.39 is 0 Å².